The SMILES string of the molecule is CCOC(=O)[C@@H]1N=C[C@](C#N)(c2ccncc2)[C@H]1c1ccc(OC)cc1. The van der Waals surface area contributed by atoms with Crippen LogP contribution in [0.5, 0.6) is 5.75 Å². The lowest BCUT2D eigenvalue weighted by molar-refractivity contribution is -0.145. The summed E-state index contributed by atoms with van der Waals surface area (Å²) in [5.41, 5.74) is 0.487. The molecular formula is C20H19N3O3. The lowest BCUT2D eigenvalue weighted by Crippen LogP contribution is -2.38. The molecule has 0 aliphatic carbocycles. The summed E-state index contributed by atoms with van der Waals surface area (Å²) in [5.74, 6) is -0.234. The summed E-state index contributed by atoms with van der Waals surface area (Å²) in [5, 5.41) is 10.1. The Bertz CT molecular complexity index is 843. The fourth-order valence-corrected chi connectivity index (χ4v) is 3.34. The number of methoxy groups -OCH3 is 1. The van der Waals surface area contributed by atoms with Gasteiger partial charge in [0.05, 0.1) is 19.8 Å². The summed E-state index contributed by atoms with van der Waals surface area (Å²) in [7, 11) is 1.59. The molecule has 1 aromatic carbocycles. The number of nitriles is 1. The Morgan fingerprint density at radius 1 is 1.23 bits per heavy atom. The van der Waals surface area contributed by atoms with Gasteiger partial charge in [0.15, 0.2) is 6.04 Å². The Balaban J connectivity index is 2.12. The zero-order valence-corrected chi connectivity index (χ0v) is 14.6. The van der Waals surface area contributed by atoms with Gasteiger partial charge in [-0.05, 0) is 42.3 Å². The predicted octanol–water partition coefficient (Wildman–Crippen LogP) is 2.65. The number of hydrogen-bond donors (Lipinski definition) is 0. The molecule has 0 unspecified atom stereocenters. The zero-order chi connectivity index (χ0) is 18.6. The molecule has 2 heterocycles. The Kier molecular flexibility index (Phi) is 4.99. The van der Waals surface area contributed by atoms with Crippen LogP contribution in [0, 0.1) is 11.3 Å². The van der Waals surface area contributed by atoms with Crippen LogP contribution in [0.1, 0.15) is 24.0 Å². The van der Waals surface area contributed by atoms with Crippen LogP contribution in [0.3, 0.4) is 0 Å². The summed E-state index contributed by atoms with van der Waals surface area (Å²) < 4.78 is 10.4. The largest absolute Gasteiger partial charge is 0.497 e. The minimum atomic E-state index is -1.07. The van der Waals surface area contributed by atoms with E-state index in [4.69, 9.17) is 9.47 Å². The number of nitrogens with zero attached hydrogens (tertiary/aromatic N) is 3. The van der Waals surface area contributed by atoms with Crippen LogP contribution >= 0.6 is 0 Å². The summed E-state index contributed by atoms with van der Waals surface area (Å²) in [6.45, 7) is 2.01. The number of aliphatic imine (C=N–C) groups is 1. The number of benzene rings is 1. The first-order chi connectivity index (χ1) is 12.7. The Labute approximate surface area is 152 Å². The van der Waals surface area contributed by atoms with E-state index < -0.39 is 23.3 Å². The van der Waals surface area contributed by atoms with Crippen LogP contribution in [0.15, 0.2) is 53.8 Å². The number of carbonyl (C=O) groups excluding carboxylic acids is 1. The fourth-order valence-electron chi connectivity index (χ4n) is 3.34. The molecule has 1 aliphatic heterocycles. The van der Waals surface area contributed by atoms with Crippen molar-refractivity contribution >= 4 is 12.2 Å². The van der Waals surface area contributed by atoms with E-state index >= 15 is 0 Å². The van der Waals surface area contributed by atoms with Gasteiger partial charge in [0, 0.05) is 24.5 Å². The van der Waals surface area contributed by atoms with Crippen molar-refractivity contribution < 1.29 is 14.3 Å². The van der Waals surface area contributed by atoms with E-state index in [0.717, 1.165) is 11.1 Å². The molecule has 0 fully saturated rings. The first-order valence-electron chi connectivity index (χ1n) is 8.33. The van der Waals surface area contributed by atoms with Gasteiger partial charge in [0.25, 0.3) is 0 Å². The molecule has 132 valence electrons. The van der Waals surface area contributed by atoms with Crippen LogP contribution in [0.25, 0.3) is 0 Å². The average molecular weight is 349 g/mol. The van der Waals surface area contributed by atoms with E-state index in [1.807, 2.05) is 24.3 Å². The molecule has 3 rings (SSSR count). The highest BCUT2D eigenvalue weighted by molar-refractivity contribution is 5.91. The Hall–Kier alpha value is -3.20. The van der Waals surface area contributed by atoms with Gasteiger partial charge in [0.2, 0.25) is 0 Å². The van der Waals surface area contributed by atoms with Crippen molar-refractivity contribution in [3.63, 3.8) is 0 Å². The standard InChI is InChI=1S/C20H19N3O3/c1-3-26-19(24)18-17(14-4-6-16(25-2)7-5-14)20(12-21,13-23-18)15-8-10-22-11-9-15/h4-11,13,17-18H,3H2,1-2H3/t17-,18+,20+/m0/s1. The average Bonchev–Trinajstić information content (AvgIpc) is 3.10. The number of ether oxygens (including phenoxy) is 2. The third-order valence-corrected chi connectivity index (χ3v) is 4.59. The van der Waals surface area contributed by atoms with Crippen molar-refractivity contribution in [1.29, 1.82) is 5.26 Å². The number of aromatic nitrogens is 1. The second-order valence-corrected chi connectivity index (χ2v) is 5.94. The maximum absolute atomic E-state index is 12.5. The van der Waals surface area contributed by atoms with E-state index in [9.17, 15) is 10.1 Å². The highest BCUT2D eigenvalue weighted by Crippen LogP contribution is 2.45. The van der Waals surface area contributed by atoms with Gasteiger partial charge in [0.1, 0.15) is 11.2 Å². The second-order valence-electron chi connectivity index (χ2n) is 5.94. The molecule has 0 saturated carbocycles. The minimum absolute atomic E-state index is 0.259. The molecule has 2 aromatic rings. The van der Waals surface area contributed by atoms with Crippen LogP contribution in [0.4, 0.5) is 0 Å². The maximum atomic E-state index is 12.5. The second kappa shape index (κ2) is 7.36. The zero-order valence-electron chi connectivity index (χ0n) is 14.6. The summed E-state index contributed by atoms with van der Waals surface area (Å²) >= 11 is 0. The molecule has 0 spiro atoms. The van der Waals surface area contributed by atoms with Gasteiger partial charge < -0.3 is 9.47 Å². The third-order valence-electron chi connectivity index (χ3n) is 4.59. The van der Waals surface area contributed by atoms with E-state index in [2.05, 4.69) is 16.0 Å². The van der Waals surface area contributed by atoms with Crippen LogP contribution in [0.2, 0.25) is 0 Å². The fraction of sp³-hybridized carbons (Fsp3) is 0.300. The predicted molar refractivity (Wildman–Crippen MR) is 96.2 cm³/mol. The van der Waals surface area contributed by atoms with Gasteiger partial charge in [-0.15, -0.1) is 0 Å². The summed E-state index contributed by atoms with van der Waals surface area (Å²) in [6.07, 6.45) is 4.83. The molecule has 0 saturated heterocycles. The molecule has 0 radical (unpaired) electrons. The lowest BCUT2D eigenvalue weighted by atomic mass is 9.68. The quantitative estimate of drug-likeness (QED) is 0.775. The van der Waals surface area contributed by atoms with Gasteiger partial charge in [-0.25, -0.2) is 4.79 Å². The van der Waals surface area contributed by atoms with E-state index in [-0.39, 0.29) is 6.61 Å². The van der Waals surface area contributed by atoms with Gasteiger partial charge >= 0.3 is 5.97 Å². The van der Waals surface area contributed by atoms with Crippen LogP contribution in [-0.2, 0) is 14.9 Å². The first kappa shape index (κ1) is 17.6. The highest BCUT2D eigenvalue weighted by Gasteiger charge is 2.52. The molecule has 6 heteroatoms. The van der Waals surface area contributed by atoms with Crippen LogP contribution in [-0.4, -0.2) is 36.9 Å². The lowest BCUT2D eigenvalue weighted by Gasteiger charge is -2.30. The van der Waals surface area contributed by atoms with E-state index in [0.29, 0.717) is 5.75 Å². The molecule has 3 atom stereocenters. The minimum Gasteiger partial charge on any atom is -0.497 e. The van der Waals surface area contributed by atoms with Crippen molar-refractivity contribution in [2.45, 2.75) is 24.3 Å². The van der Waals surface area contributed by atoms with Gasteiger partial charge in [-0.2, -0.15) is 5.26 Å². The third kappa shape index (κ3) is 2.93. The maximum Gasteiger partial charge on any atom is 0.331 e. The first-order valence-corrected chi connectivity index (χ1v) is 8.33. The number of hydrogen-bond acceptors (Lipinski definition) is 6. The van der Waals surface area contributed by atoms with Crippen LogP contribution < -0.4 is 4.74 Å². The molecular weight excluding hydrogens is 330 g/mol. The van der Waals surface area contributed by atoms with Crippen molar-refractivity contribution in [3.05, 3.63) is 59.9 Å². The van der Waals surface area contributed by atoms with Gasteiger partial charge in [-0.3, -0.25) is 9.98 Å². The molecule has 1 aromatic heterocycles. The molecule has 6 nitrogen and oxygen atoms in total. The molecule has 0 bridgehead atoms. The van der Waals surface area contributed by atoms with Crippen molar-refractivity contribution in [3.8, 4) is 11.8 Å². The molecule has 26 heavy (non-hydrogen) atoms. The highest BCUT2D eigenvalue weighted by atomic mass is 16.5. The van der Waals surface area contributed by atoms with Crippen molar-refractivity contribution in [1.82, 2.24) is 4.98 Å². The summed E-state index contributed by atoms with van der Waals surface area (Å²) in [4.78, 5) is 20.9. The number of pyridine rings is 1. The van der Waals surface area contributed by atoms with Crippen molar-refractivity contribution in [2.75, 3.05) is 13.7 Å². The number of rotatable bonds is 5. The number of esters is 1. The monoisotopic (exact) mass is 349 g/mol. The molecule has 1 aliphatic rings. The van der Waals surface area contributed by atoms with E-state index in [1.54, 1.807) is 44.8 Å². The number of carbonyl (C=O) groups is 1. The van der Waals surface area contributed by atoms with Gasteiger partial charge in [-0.1, -0.05) is 12.1 Å². The van der Waals surface area contributed by atoms with E-state index in [1.165, 1.54) is 0 Å². The molecule has 0 N–H and O–H groups in total. The Morgan fingerprint density at radius 2 is 1.92 bits per heavy atom. The topological polar surface area (TPSA) is 84.6 Å². The normalized spacial score (nSPS) is 24.0. The summed E-state index contributed by atoms with van der Waals surface area (Å²) in [6, 6.07) is 12.5. The smallest absolute Gasteiger partial charge is 0.331 e. The Morgan fingerprint density at radius 3 is 2.50 bits per heavy atom. The molecule has 0 amide bonds. The van der Waals surface area contributed by atoms with Crippen molar-refractivity contribution in [2.24, 2.45) is 4.99 Å².